The highest BCUT2D eigenvalue weighted by Gasteiger charge is 2.20. The Morgan fingerprint density at radius 3 is 2.60 bits per heavy atom. The van der Waals surface area contributed by atoms with Gasteiger partial charge in [0.1, 0.15) is 12.2 Å². The predicted molar refractivity (Wildman–Crippen MR) is 132 cm³/mol. The number of nitrogens with zero attached hydrogens (tertiary/aromatic N) is 6. The fourth-order valence-corrected chi connectivity index (χ4v) is 4.49. The first-order valence-electron chi connectivity index (χ1n) is 12.3. The Hall–Kier alpha value is -3.26. The maximum absolute atomic E-state index is 13.1. The standard InChI is InChI=1S/C26H31ClN6O2/c1-2-3-4-16-32-23-22(29-25(27)30-23)24(34)33(26(32)35)17-8-12-21-11-7-15-31(19-21)14-6-10-20-9-5-13-28-18-20/h5,7,9,11,13,15,18-19H,2-4,6,8,10,12,14,16-17H2,1H3. The average molecular weight is 495 g/mol. The molecule has 0 amide bonds. The molecule has 0 saturated heterocycles. The van der Waals surface area contributed by atoms with Gasteiger partial charge in [0.05, 0.1) is 0 Å². The minimum atomic E-state index is -0.422. The van der Waals surface area contributed by atoms with E-state index < -0.39 is 5.88 Å². The van der Waals surface area contributed by atoms with Gasteiger partial charge in [-0.05, 0) is 60.9 Å². The van der Waals surface area contributed by atoms with Crippen molar-refractivity contribution < 1.29 is 9.67 Å². The molecule has 0 spiro atoms. The van der Waals surface area contributed by atoms with Crippen LogP contribution in [-0.2, 0) is 32.5 Å². The van der Waals surface area contributed by atoms with Gasteiger partial charge in [0.2, 0.25) is 5.28 Å². The van der Waals surface area contributed by atoms with Gasteiger partial charge in [0.25, 0.3) is 0 Å². The molecule has 0 atom stereocenters. The second-order valence-electron chi connectivity index (χ2n) is 8.78. The number of hydrogen-bond acceptors (Lipinski definition) is 5. The summed E-state index contributed by atoms with van der Waals surface area (Å²) in [5, 5.41) is 13.0. The fraction of sp³-hybridized carbons (Fsp3) is 0.423. The summed E-state index contributed by atoms with van der Waals surface area (Å²) in [6, 6.07) is 8.18. The molecule has 2 aromatic heterocycles. The molecular formula is C26H31ClN6O2. The monoisotopic (exact) mass is 494 g/mol. The van der Waals surface area contributed by atoms with Crippen LogP contribution >= 0.6 is 11.6 Å². The van der Waals surface area contributed by atoms with E-state index in [0.29, 0.717) is 19.5 Å². The van der Waals surface area contributed by atoms with Crippen LogP contribution in [-0.4, -0.2) is 24.1 Å². The Kier molecular flexibility index (Phi) is 8.47. The number of pyridine rings is 2. The van der Waals surface area contributed by atoms with Crippen LogP contribution in [0.3, 0.4) is 0 Å². The third-order valence-electron chi connectivity index (χ3n) is 6.14. The average Bonchev–Trinajstić information content (AvgIpc) is 3.26. The van der Waals surface area contributed by atoms with E-state index in [1.54, 1.807) is 10.8 Å². The van der Waals surface area contributed by atoms with Crippen molar-refractivity contribution >= 4 is 11.6 Å². The molecule has 0 fully saturated rings. The second kappa shape index (κ2) is 11.9. The van der Waals surface area contributed by atoms with E-state index in [9.17, 15) is 9.90 Å². The van der Waals surface area contributed by atoms with Crippen LogP contribution in [0.4, 0.5) is 0 Å². The van der Waals surface area contributed by atoms with Gasteiger partial charge in [-0.3, -0.25) is 9.55 Å². The summed E-state index contributed by atoms with van der Waals surface area (Å²) >= 11 is 5.97. The Bertz CT molecular complexity index is 1270. The molecule has 0 N–H and O–H groups in total. The zero-order valence-electron chi connectivity index (χ0n) is 20.1. The van der Waals surface area contributed by atoms with E-state index in [1.807, 2.05) is 18.3 Å². The molecule has 184 valence electrons. The molecule has 2 aromatic rings. The van der Waals surface area contributed by atoms with Crippen LogP contribution < -0.4 is 15.4 Å². The SMILES string of the molecule is CCCCCn1c2nc(Cl)nc-2c([O-])n(CCCc2ccc[n+](CCCc3cccnc3)c2)c1=O. The summed E-state index contributed by atoms with van der Waals surface area (Å²) in [4.78, 5) is 25.5. The van der Waals surface area contributed by atoms with Gasteiger partial charge in [0, 0.05) is 43.5 Å². The molecule has 9 heteroatoms. The van der Waals surface area contributed by atoms with Crippen molar-refractivity contribution in [2.24, 2.45) is 0 Å². The van der Waals surface area contributed by atoms with Crippen molar-refractivity contribution in [3.63, 3.8) is 0 Å². The van der Waals surface area contributed by atoms with E-state index in [-0.39, 0.29) is 22.5 Å². The molecular weight excluding hydrogens is 464 g/mol. The Morgan fingerprint density at radius 2 is 1.80 bits per heavy atom. The smallest absolute Gasteiger partial charge is 0.329 e. The number of aromatic nitrogens is 6. The number of imidazole rings is 1. The van der Waals surface area contributed by atoms with E-state index in [4.69, 9.17) is 11.6 Å². The van der Waals surface area contributed by atoms with Gasteiger partial charge < -0.3 is 9.67 Å². The van der Waals surface area contributed by atoms with Gasteiger partial charge in [0.15, 0.2) is 18.2 Å². The quantitative estimate of drug-likeness (QED) is 0.171. The normalized spacial score (nSPS) is 11.4. The van der Waals surface area contributed by atoms with Crippen molar-refractivity contribution in [1.29, 1.82) is 0 Å². The first kappa shape index (κ1) is 24.9. The topological polar surface area (TPSA) is 92.5 Å². The van der Waals surface area contributed by atoms with Crippen molar-refractivity contribution in [3.05, 3.63) is 75.9 Å². The van der Waals surface area contributed by atoms with E-state index in [1.165, 1.54) is 15.7 Å². The minimum absolute atomic E-state index is 0.00383. The number of aryl methyl sites for hydroxylation is 3. The maximum Gasteiger partial charge on any atom is 0.329 e. The zero-order chi connectivity index (χ0) is 24.6. The molecule has 2 aliphatic heterocycles. The minimum Gasteiger partial charge on any atom is -0.858 e. The summed E-state index contributed by atoms with van der Waals surface area (Å²) in [6.45, 7) is 3.84. The number of hydrogen-bond donors (Lipinski definition) is 0. The maximum atomic E-state index is 13.1. The van der Waals surface area contributed by atoms with Crippen molar-refractivity contribution in [2.75, 3.05) is 0 Å². The molecule has 35 heavy (non-hydrogen) atoms. The summed E-state index contributed by atoms with van der Waals surface area (Å²) in [5.74, 6) is -0.137. The number of halogens is 1. The largest absolute Gasteiger partial charge is 0.858 e. The van der Waals surface area contributed by atoms with E-state index in [2.05, 4.69) is 51.0 Å². The Balaban J connectivity index is 1.41. The summed E-state index contributed by atoms with van der Waals surface area (Å²) in [5.41, 5.74) is 2.23. The second-order valence-corrected chi connectivity index (χ2v) is 9.12. The molecule has 4 heterocycles. The van der Waals surface area contributed by atoms with Gasteiger partial charge in [-0.2, -0.15) is 4.98 Å². The summed E-state index contributed by atoms with van der Waals surface area (Å²) in [7, 11) is 0. The molecule has 0 radical (unpaired) electrons. The van der Waals surface area contributed by atoms with Gasteiger partial charge >= 0.3 is 5.69 Å². The third kappa shape index (κ3) is 6.25. The van der Waals surface area contributed by atoms with Crippen LogP contribution in [0.25, 0.3) is 11.5 Å². The van der Waals surface area contributed by atoms with Crippen molar-refractivity contribution in [3.8, 4) is 17.4 Å². The van der Waals surface area contributed by atoms with Crippen LogP contribution in [0.2, 0.25) is 5.28 Å². The summed E-state index contributed by atoms with van der Waals surface area (Å²) < 4.78 is 5.01. The highest BCUT2D eigenvalue weighted by atomic mass is 35.5. The molecule has 8 nitrogen and oxygen atoms in total. The highest BCUT2D eigenvalue weighted by molar-refractivity contribution is 6.28. The molecule has 0 aromatic carbocycles. The lowest BCUT2D eigenvalue weighted by Crippen LogP contribution is -2.35. The van der Waals surface area contributed by atoms with Gasteiger partial charge in [-0.25, -0.2) is 14.3 Å². The molecule has 0 bridgehead atoms. The first-order chi connectivity index (χ1) is 17.1. The zero-order valence-corrected chi connectivity index (χ0v) is 20.8. The van der Waals surface area contributed by atoms with Crippen LogP contribution in [0.15, 0.2) is 53.8 Å². The molecule has 0 saturated carbocycles. The van der Waals surface area contributed by atoms with Crippen LogP contribution in [0.5, 0.6) is 5.88 Å². The molecule has 4 rings (SSSR count). The molecule has 0 aliphatic carbocycles. The number of rotatable bonds is 12. The molecule has 2 aliphatic rings. The van der Waals surface area contributed by atoms with E-state index >= 15 is 0 Å². The van der Waals surface area contributed by atoms with Gasteiger partial charge in [-0.15, -0.1) is 0 Å². The third-order valence-corrected chi connectivity index (χ3v) is 6.30. The van der Waals surface area contributed by atoms with Crippen LogP contribution in [0.1, 0.15) is 50.2 Å². The summed E-state index contributed by atoms with van der Waals surface area (Å²) in [6.07, 6.45) is 14.2. The first-order valence-corrected chi connectivity index (χ1v) is 12.6. The van der Waals surface area contributed by atoms with Crippen molar-refractivity contribution in [2.45, 2.75) is 71.5 Å². The Morgan fingerprint density at radius 1 is 1.00 bits per heavy atom. The lowest BCUT2D eigenvalue weighted by molar-refractivity contribution is -0.697. The highest BCUT2D eigenvalue weighted by Crippen LogP contribution is 2.27. The lowest BCUT2D eigenvalue weighted by atomic mass is 10.1. The fourth-order valence-electron chi connectivity index (χ4n) is 4.33. The lowest BCUT2D eigenvalue weighted by Gasteiger charge is -2.22. The number of fused-ring (bicyclic) bond motifs is 1. The molecule has 0 unspecified atom stereocenters. The van der Waals surface area contributed by atoms with Gasteiger partial charge in [-0.1, -0.05) is 25.8 Å². The van der Waals surface area contributed by atoms with E-state index in [0.717, 1.165) is 45.1 Å². The van der Waals surface area contributed by atoms with Crippen LogP contribution in [0, 0.1) is 0 Å². The number of unbranched alkanes of at least 4 members (excludes halogenated alkanes) is 2. The van der Waals surface area contributed by atoms with Crippen molar-refractivity contribution in [1.82, 2.24) is 24.1 Å². The Labute approximate surface area is 210 Å². The predicted octanol–water partition coefficient (Wildman–Crippen LogP) is 3.41.